The van der Waals surface area contributed by atoms with Gasteiger partial charge < -0.3 is 23.5 Å². The van der Waals surface area contributed by atoms with Gasteiger partial charge in [-0.1, -0.05) is 0 Å². The third kappa shape index (κ3) is 3.80. The standard InChI is InChI=1S/C17H23N3O4S/c1-21-13-9-12(10-14(22-2)15(13)23-3)16-18-20(17(25)24-16)11-19-7-5-4-6-8-19/h9-10H,4-8,11H2,1-3H3/p+1. The molecule has 3 rings (SSSR count). The highest BCUT2D eigenvalue weighted by Gasteiger charge is 2.19. The molecule has 1 N–H and O–H groups in total. The Morgan fingerprint density at radius 3 is 2.28 bits per heavy atom. The Bertz CT molecular complexity index is 755. The molecular weight excluding hydrogens is 342 g/mol. The van der Waals surface area contributed by atoms with Crippen LogP contribution in [0.1, 0.15) is 19.3 Å². The van der Waals surface area contributed by atoms with Gasteiger partial charge in [-0.3, -0.25) is 0 Å². The van der Waals surface area contributed by atoms with E-state index in [1.807, 2.05) is 0 Å². The second-order valence-electron chi connectivity index (χ2n) is 6.06. The van der Waals surface area contributed by atoms with Gasteiger partial charge in [-0.25, -0.2) is 0 Å². The quantitative estimate of drug-likeness (QED) is 0.788. The Hall–Kier alpha value is -2.06. The third-order valence-electron chi connectivity index (χ3n) is 4.45. The molecule has 1 saturated heterocycles. The van der Waals surface area contributed by atoms with Crippen LogP contribution in [0.2, 0.25) is 0 Å². The van der Waals surface area contributed by atoms with E-state index in [0.717, 1.165) is 25.3 Å². The summed E-state index contributed by atoms with van der Waals surface area (Å²) in [7, 11) is 4.73. The number of rotatable bonds is 6. The number of methoxy groups -OCH3 is 3. The van der Waals surface area contributed by atoms with Crippen LogP contribution in [0.25, 0.3) is 11.5 Å². The highest BCUT2D eigenvalue weighted by atomic mass is 32.1. The number of aromatic nitrogens is 2. The Morgan fingerprint density at radius 2 is 1.72 bits per heavy atom. The average molecular weight is 366 g/mol. The van der Waals surface area contributed by atoms with Crippen LogP contribution in [0.5, 0.6) is 17.2 Å². The summed E-state index contributed by atoms with van der Waals surface area (Å²) in [5.74, 6) is 2.08. The van der Waals surface area contributed by atoms with Crippen LogP contribution in [-0.2, 0) is 6.67 Å². The predicted octanol–water partition coefficient (Wildman–Crippen LogP) is 1.92. The van der Waals surface area contributed by atoms with Crippen LogP contribution >= 0.6 is 12.2 Å². The zero-order valence-electron chi connectivity index (χ0n) is 14.8. The van der Waals surface area contributed by atoms with Crippen molar-refractivity contribution in [2.75, 3.05) is 34.4 Å². The first-order valence-corrected chi connectivity index (χ1v) is 8.79. The second kappa shape index (κ2) is 7.88. The Balaban J connectivity index is 1.91. The monoisotopic (exact) mass is 366 g/mol. The molecule has 0 atom stereocenters. The zero-order chi connectivity index (χ0) is 17.8. The highest BCUT2D eigenvalue weighted by Crippen LogP contribution is 2.40. The minimum absolute atomic E-state index is 0.377. The van der Waals surface area contributed by atoms with Crippen LogP contribution in [-0.4, -0.2) is 44.2 Å². The number of hydrogen-bond acceptors (Lipinski definition) is 6. The van der Waals surface area contributed by atoms with E-state index in [-0.39, 0.29) is 0 Å². The molecule has 1 aliphatic rings. The molecule has 1 aromatic heterocycles. The fraction of sp³-hybridized carbons (Fsp3) is 0.529. The number of nitrogens with one attached hydrogen (secondary N) is 1. The smallest absolute Gasteiger partial charge is 0.292 e. The van der Waals surface area contributed by atoms with Crippen LogP contribution in [0.4, 0.5) is 0 Å². The Kier molecular flexibility index (Phi) is 5.60. The highest BCUT2D eigenvalue weighted by molar-refractivity contribution is 7.71. The largest absolute Gasteiger partial charge is 0.493 e. The van der Waals surface area contributed by atoms with Crippen molar-refractivity contribution in [2.45, 2.75) is 25.9 Å². The minimum atomic E-state index is 0.377. The van der Waals surface area contributed by atoms with Gasteiger partial charge in [0.25, 0.3) is 4.84 Å². The van der Waals surface area contributed by atoms with E-state index in [4.69, 9.17) is 30.8 Å². The van der Waals surface area contributed by atoms with Gasteiger partial charge in [0.15, 0.2) is 18.2 Å². The number of quaternary nitrogens is 1. The van der Waals surface area contributed by atoms with Gasteiger partial charge in [-0.05, 0) is 43.6 Å². The molecule has 1 aliphatic heterocycles. The van der Waals surface area contributed by atoms with Gasteiger partial charge in [-0.2, -0.15) is 4.68 Å². The number of benzene rings is 1. The second-order valence-corrected chi connectivity index (χ2v) is 6.40. The van der Waals surface area contributed by atoms with Crippen LogP contribution < -0.4 is 19.1 Å². The molecule has 0 saturated carbocycles. The van der Waals surface area contributed by atoms with Crippen molar-refractivity contribution < 1.29 is 23.5 Å². The summed E-state index contributed by atoms with van der Waals surface area (Å²) in [4.78, 5) is 1.86. The lowest BCUT2D eigenvalue weighted by Crippen LogP contribution is -3.12. The normalized spacial score (nSPS) is 15.2. The summed E-state index contributed by atoms with van der Waals surface area (Å²) >= 11 is 5.35. The molecular formula is C17H24N3O4S+. The molecule has 7 nitrogen and oxygen atoms in total. The molecule has 0 bridgehead atoms. The van der Waals surface area contributed by atoms with Crippen molar-refractivity contribution in [2.24, 2.45) is 0 Å². The van der Waals surface area contributed by atoms with Crippen molar-refractivity contribution in [1.29, 1.82) is 0 Å². The van der Waals surface area contributed by atoms with E-state index in [2.05, 4.69) is 5.10 Å². The average Bonchev–Trinajstić information content (AvgIpc) is 3.01. The lowest BCUT2D eigenvalue weighted by Gasteiger charge is -2.22. The van der Waals surface area contributed by atoms with Crippen molar-refractivity contribution in [3.8, 4) is 28.7 Å². The van der Waals surface area contributed by atoms with Gasteiger partial charge in [-0.15, -0.1) is 5.10 Å². The summed E-state index contributed by atoms with van der Waals surface area (Å²) in [6.07, 6.45) is 3.81. The maximum Gasteiger partial charge on any atom is 0.292 e. The lowest BCUT2D eigenvalue weighted by atomic mass is 10.1. The Labute approximate surface area is 152 Å². The number of ether oxygens (including phenoxy) is 3. The maximum absolute atomic E-state index is 5.72. The molecule has 25 heavy (non-hydrogen) atoms. The summed E-state index contributed by atoms with van der Waals surface area (Å²) < 4.78 is 23.6. The van der Waals surface area contributed by atoms with E-state index in [0.29, 0.717) is 28.0 Å². The number of piperidine rings is 1. The molecule has 136 valence electrons. The molecule has 0 aliphatic carbocycles. The Morgan fingerprint density at radius 1 is 1.08 bits per heavy atom. The number of hydrogen-bond donors (Lipinski definition) is 1. The molecule has 0 radical (unpaired) electrons. The first kappa shape index (κ1) is 17.8. The van der Waals surface area contributed by atoms with Gasteiger partial charge in [0.1, 0.15) is 0 Å². The van der Waals surface area contributed by atoms with E-state index in [9.17, 15) is 0 Å². The maximum atomic E-state index is 5.72. The molecule has 0 spiro atoms. The van der Waals surface area contributed by atoms with E-state index >= 15 is 0 Å². The number of nitrogens with zero attached hydrogens (tertiary/aromatic N) is 2. The zero-order valence-corrected chi connectivity index (χ0v) is 15.6. The van der Waals surface area contributed by atoms with Crippen molar-refractivity contribution in [1.82, 2.24) is 9.78 Å². The fourth-order valence-electron chi connectivity index (χ4n) is 3.15. The lowest BCUT2D eigenvalue weighted by molar-refractivity contribution is -0.928. The van der Waals surface area contributed by atoms with Crippen molar-refractivity contribution >= 4 is 12.2 Å². The minimum Gasteiger partial charge on any atom is -0.493 e. The van der Waals surface area contributed by atoms with Crippen molar-refractivity contribution in [3.05, 3.63) is 17.0 Å². The molecule has 8 heteroatoms. The summed E-state index contributed by atoms with van der Waals surface area (Å²) in [5.41, 5.74) is 0.730. The number of likely N-dealkylation sites (tertiary alicyclic amines) is 1. The van der Waals surface area contributed by atoms with E-state index < -0.39 is 0 Å². The van der Waals surface area contributed by atoms with Gasteiger partial charge >= 0.3 is 0 Å². The van der Waals surface area contributed by atoms with Gasteiger partial charge in [0.2, 0.25) is 11.6 Å². The summed E-state index contributed by atoms with van der Waals surface area (Å²) in [6.45, 7) is 3.02. The van der Waals surface area contributed by atoms with Crippen LogP contribution in [0.15, 0.2) is 16.5 Å². The first-order valence-electron chi connectivity index (χ1n) is 8.38. The molecule has 1 fully saturated rings. The third-order valence-corrected chi connectivity index (χ3v) is 4.75. The molecule has 1 aromatic carbocycles. The van der Waals surface area contributed by atoms with E-state index in [1.54, 1.807) is 38.1 Å². The summed E-state index contributed by atoms with van der Waals surface area (Å²) in [5, 5.41) is 4.55. The van der Waals surface area contributed by atoms with Crippen molar-refractivity contribution in [3.63, 3.8) is 0 Å². The van der Waals surface area contributed by atoms with Crippen LogP contribution in [0, 0.1) is 4.84 Å². The van der Waals surface area contributed by atoms with E-state index in [1.165, 1.54) is 24.2 Å². The predicted molar refractivity (Wildman–Crippen MR) is 95.0 cm³/mol. The van der Waals surface area contributed by atoms with Gasteiger partial charge in [0, 0.05) is 5.56 Å². The molecule has 0 unspecified atom stereocenters. The molecule has 2 aromatic rings. The SMILES string of the molecule is COc1cc(-c2nn(C[NH+]3CCCCC3)c(=S)o2)cc(OC)c1OC. The fourth-order valence-corrected chi connectivity index (χ4v) is 3.33. The molecule has 0 amide bonds. The topological polar surface area (TPSA) is 63.1 Å². The first-order chi connectivity index (χ1) is 12.2. The van der Waals surface area contributed by atoms with Gasteiger partial charge in [0.05, 0.1) is 34.4 Å². The molecule has 2 heterocycles. The summed E-state index contributed by atoms with van der Waals surface area (Å²) in [6, 6.07) is 3.61. The van der Waals surface area contributed by atoms with Crippen LogP contribution in [0.3, 0.4) is 0 Å².